The molecule has 4 aromatic rings. The number of rotatable bonds is 4. The molecule has 1 aliphatic rings. The van der Waals surface area contributed by atoms with E-state index >= 15 is 0 Å². The Labute approximate surface area is 190 Å². The predicted molar refractivity (Wildman–Crippen MR) is 123 cm³/mol. The van der Waals surface area contributed by atoms with Crippen LogP contribution < -0.4 is 10.5 Å². The molecule has 1 amide bonds. The van der Waals surface area contributed by atoms with Crippen LogP contribution in [0.5, 0.6) is 11.5 Å². The van der Waals surface area contributed by atoms with Gasteiger partial charge in [-0.1, -0.05) is 5.92 Å². The highest BCUT2D eigenvalue weighted by Crippen LogP contribution is 2.34. The van der Waals surface area contributed by atoms with Crippen molar-refractivity contribution in [3.8, 4) is 34.6 Å². The maximum Gasteiger partial charge on any atom is 0.298 e. The number of carbonyl (C=O) groups excluding carboxylic acids is 1. The third-order valence-electron chi connectivity index (χ3n) is 5.54. The van der Waals surface area contributed by atoms with Gasteiger partial charge in [0.25, 0.3) is 5.91 Å². The molecule has 0 spiro atoms. The van der Waals surface area contributed by atoms with Gasteiger partial charge in [-0.05, 0) is 55.7 Å². The molecule has 33 heavy (non-hydrogen) atoms. The Bertz CT molecular complexity index is 1370. The number of nitrogen functional groups attached to an aromatic ring is 1. The minimum Gasteiger partial charge on any atom is -0.456 e. The number of nitrogens with zero attached hydrogens (tertiary/aromatic N) is 6. The fraction of sp³-hybridized carbons (Fsp3) is 0.208. The number of fused-ring (bicyclic) bond motifs is 1. The average molecular weight is 439 g/mol. The minimum absolute atomic E-state index is 0.0219. The second kappa shape index (κ2) is 8.59. The first kappa shape index (κ1) is 20.5. The fourth-order valence-electron chi connectivity index (χ4n) is 3.99. The summed E-state index contributed by atoms with van der Waals surface area (Å²) in [5.74, 6) is 6.80. The zero-order valence-corrected chi connectivity index (χ0v) is 18.0. The van der Waals surface area contributed by atoms with Crippen LogP contribution in [0.4, 0.5) is 5.82 Å². The molecule has 0 unspecified atom stereocenters. The van der Waals surface area contributed by atoms with Crippen LogP contribution in [0, 0.1) is 11.8 Å². The van der Waals surface area contributed by atoms with E-state index in [1.54, 1.807) is 24.2 Å². The number of nitrogens with two attached hydrogens (primary N) is 1. The Morgan fingerprint density at radius 3 is 2.79 bits per heavy atom. The summed E-state index contributed by atoms with van der Waals surface area (Å²) in [6, 6.07) is 11.2. The monoisotopic (exact) mass is 439 g/mol. The molecule has 2 N–H and O–H groups in total. The molecule has 1 aliphatic heterocycles. The molecule has 9 heteroatoms. The number of aromatic nitrogens is 5. The number of likely N-dealkylation sites (tertiary alicyclic amines) is 1. The molecule has 0 radical (unpaired) electrons. The third-order valence-corrected chi connectivity index (χ3v) is 5.54. The Hall–Kier alpha value is -4.45. The van der Waals surface area contributed by atoms with Crippen LogP contribution in [0.3, 0.4) is 0 Å². The SMILES string of the molecule is CC#CC(=O)N1CC[C@@H](n2nc(-c3ccc(Oc4cccnc4)cc3)c3c(N)ncnc32)C1. The molecule has 0 bridgehead atoms. The number of hydrogen-bond donors (Lipinski definition) is 1. The van der Waals surface area contributed by atoms with Gasteiger partial charge in [0, 0.05) is 24.8 Å². The molecular weight excluding hydrogens is 418 g/mol. The summed E-state index contributed by atoms with van der Waals surface area (Å²) in [4.78, 5) is 26.6. The summed E-state index contributed by atoms with van der Waals surface area (Å²) < 4.78 is 7.69. The molecule has 164 valence electrons. The van der Waals surface area contributed by atoms with Gasteiger partial charge >= 0.3 is 0 Å². The minimum atomic E-state index is -0.171. The lowest BCUT2D eigenvalue weighted by Gasteiger charge is -2.14. The Kier molecular flexibility index (Phi) is 5.32. The lowest BCUT2D eigenvalue weighted by Crippen LogP contribution is -2.28. The van der Waals surface area contributed by atoms with E-state index in [9.17, 15) is 4.79 Å². The maximum atomic E-state index is 12.2. The van der Waals surface area contributed by atoms with Crippen LogP contribution in [-0.4, -0.2) is 48.6 Å². The van der Waals surface area contributed by atoms with Gasteiger partial charge in [-0.15, -0.1) is 0 Å². The Balaban J connectivity index is 1.48. The van der Waals surface area contributed by atoms with E-state index in [4.69, 9.17) is 15.6 Å². The van der Waals surface area contributed by atoms with Crippen LogP contribution in [-0.2, 0) is 4.79 Å². The van der Waals surface area contributed by atoms with Crippen molar-refractivity contribution in [1.82, 2.24) is 29.6 Å². The van der Waals surface area contributed by atoms with Crippen LogP contribution >= 0.6 is 0 Å². The number of pyridine rings is 1. The molecule has 1 atom stereocenters. The highest BCUT2D eigenvalue weighted by molar-refractivity contribution is 5.98. The van der Waals surface area contributed by atoms with Crippen molar-refractivity contribution in [2.24, 2.45) is 0 Å². The van der Waals surface area contributed by atoms with Crippen molar-refractivity contribution < 1.29 is 9.53 Å². The highest BCUT2D eigenvalue weighted by Gasteiger charge is 2.30. The summed E-state index contributed by atoms with van der Waals surface area (Å²) in [5.41, 5.74) is 8.43. The van der Waals surface area contributed by atoms with Crippen molar-refractivity contribution >= 4 is 22.8 Å². The van der Waals surface area contributed by atoms with Crippen LogP contribution in [0.2, 0.25) is 0 Å². The van der Waals surface area contributed by atoms with Crippen molar-refractivity contribution in [3.05, 3.63) is 55.1 Å². The maximum absolute atomic E-state index is 12.2. The lowest BCUT2D eigenvalue weighted by molar-refractivity contribution is -0.124. The molecule has 1 aromatic carbocycles. The standard InChI is InChI=1S/C24H21N7O2/c1-2-4-20(32)30-12-10-17(14-30)31-24-21(23(25)27-15-28-24)22(29-31)16-6-8-18(9-7-16)33-19-5-3-11-26-13-19/h3,5-9,11,13,15,17H,10,12,14H2,1H3,(H2,25,27,28)/t17-/m1/s1. The summed E-state index contributed by atoms with van der Waals surface area (Å²) in [5, 5.41) is 5.56. The van der Waals surface area contributed by atoms with Gasteiger partial charge in [-0.3, -0.25) is 9.78 Å². The molecule has 0 aliphatic carbocycles. The molecule has 5 rings (SSSR count). The summed E-state index contributed by atoms with van der Waals surface area (Å²) in [6.07, 6.45) is 5.55. The molecular formula is C24H21N7O2. The van der Waals surface area contributed by atoms with Gasteiger partial charge in [0.1, 0.15) is 29.3 Å². The normalized spacial score (nSPS) is 15.3. The van der Waals surface area contributed by atoms with Crippen LogP contribution in [0.1, 0.15) is 19.4 Å². The van der Waals surface area contributed by atoms with Crippen molar-refractivity contribution in [3.63, 3.8) is 0 Å². The van der Waals surface area contributed by atoms with Crippen LogP contribution in [0.25, 0.3) is 22.3 Å². The summed E-state index contributed by atoms with van der Waals surface area (Å²) in [6.45, 7) is 2.80. The molecule has 3 aromatic heterocycles. The lowest BCUT2D eigenvalue weighted by atomic mass is 10.1. The molecule has 9 nitrogen and oxygen atoms in total. The zero-order valence-electron chi connectivity index (χ0n) is 18.0. The van der Waals surface area contributed by atoms with E-state index in [1.165, 1.54) is 6.33 Å². The van der Waals surface area contributed by atoms with E-state index in [0.717, 1.165) is 12.0 Å². The molecule has 0 saturated carbocycles. The number of anilines is 1. The Morgan fingerprint density at radius 2 is 2.03 bits per heavy atom. The third kappa shape index (κ3) is 3.94. The first-order valence-corrected chi connectivity index (χ1v) is 10.5. The van der Waals surface area contributed by atoms with Crippen molar-refractivity contribution in [1.29, 1.82) is 0 Å². The average Bonchev–Trinajstić information content (AvgIpc) is 3.47. The number of hydrogen-bond acceptors (Lipinski definition) is 7. The number of amides is 1. The first-order chi connectivity index (χ1) is 16.1. The van der Waals surface area contributed by atoms with E-state index in [0.29, 0.717) is 47.1 Å². The number of ether oxygens (including phenoxy) is 1. The zero-order chi connectivity index (χ0) is 22.8. The quantitative estimate of drug-likeness (QED) is 0.486. The first-order valence-electron chi connectivity index (χ1n) is 10.5. The number of carbonyl (C=O) groups is 1. The largest absolute Gasteiger partial charge is 0.456 e. The molecule has 4 heterocycles. The van der Waals surface area contributed by atoms with Crippen molar-refractivity contribution in [2.45, 2.75) is 19.4 Å². The second-order valence-corrected chi connectivity index (χ2v) is 7.63. The van der Waals surface area contributed by atoms with E-state index in [2.05, 4.69) is 26.8 Å². The summed E-state index contributed by atoms with van der Waals surface area (Å²) in [7, 11) is 0. The smallest absolute Gasteiger partial charge is 0.298 e. The predicted octanol–water partition coefficient (Wildman–Crippen LogP) is 3.06. The van der Waals surface area contributed by atoms with Gasteiger partial charge < -0.3 is 15.4 Å². The molecule has 1 saturated heterocycles. The van der Waals surface area contributed by atoms with E-state index in [1.807, 2.05) is 41.1 Å². The second-order valence-electron chi connectivity index (χ2n) is 7.63. The van der Waals surface area contributed by atoms with Gasteiger partial charge in [0.15, 0.2) is 5.65 Å². The summed E-state index contributed by atoms with van der Waals surface area (Å²) >= 11 is 0. The highest BCUT2D eigenvalue weighted by atomic mass is 16.5. The van der Waals surface area contributed by atoms with Gasteiger partial charge in [0.05, 0.1) is 17.6 Å². The van der Waals surface area contributed by atoms with E-state index in [-0.39, 0.29) is 11.9 Å². The topological polar surface area (TPSA) is 112 Å². The van der Waals surface area contributed by atoms with Gasteiger partial charge in [-0.2, -0.15) is 5.10 Å². The fourth-order valence-corrected chi connectivity index (χ4v) is 3.99. The Morgan fingerprint density at radius 1 is 1.18 bits per heavy atom. The van der Waals surface area contributed by atoms with Gasteiger partial charge in [0.2, 0.25) is 0 Å². The number of benzene rings is 1. The molecule has 1 fully saturated rings. The van der Waals surface area contributed by atoms with Crippen molar-refractivity contribution in [2.75, 3.05) is 18.8 Å². The van der Waals surface area contributed by atoms with E-state index < -0.39 is 0 Å². The van der Waals surface area contributed by atoms with Gasteiger partial charge in [-0.25, -0.2) is 14.6 Å². The van der Waals surface area contributed by atoms with Crippen LogP contribution in [0.15, 0.2) is 55.1 Å².